The zero-order valence-electron chi connectivity index (χ0n) is 10.0. The minimum Gasteiger partial charge on any atom is -0.391 e. The molecule has 1 aliphatic rings. The maximum Gasteiger partial charge on any atom is 0.295 e. The Morgan fingerprint density at radius 2 is 2.28 bits per heavy atom. The lowest BCUT2D eigenvalue weighted by Crippen LogP contribution is -2.43. The average Bonchev–Trinajstić information content (AvgIpc) is 2.32. The van der Waals surface area contributed by atoms with Gasteiger partial charge in [0.25, 0.3) is 5.69 Å². The highest BCUT2D eigenvalue weighted by atomic mass is 19.1. The largest absolute Gasteiger partial charge is 0.391 e. The van der Waals surface area contributed by atoms with Gasteiger partial charge in [0.1, 0.15) is 11.5 Å². The van der Waals surface area contributed by atoms with Gasteiger partial charge in [-0.3, -0.25) is 10.1 Å². The molecule has 1 aliphatic heterocycles. The minimum atomic E-state index is -0.628. The molecule has 1 aromatic rings. The third-order valence-electron chi connectivity index (χ3n) is 3.39. The molecule has 0 aromatic heterocycles. The van der Waals surface area contributed by atoms with Crippen molar-refractivity contribution in [2.75, 3.05) is 18.0 Å². The molecule has 0 saturated carbocycles. The number of nitro benzene ring substituents is 1. The maximum atomic E-state index is 13.0. The van der Waals surface area contributed by atoms with Gasteiger partial charge in [0.05, 0.1) is 17.1 Å². The number of hydrogen-bond donors (Lipinski definition) is 1. The van der Waals surface area contributed by atoms with Gasteiger partial charge in [-0.2, -0.15) is 0 Å². The van der Waals surface area contributed by atoms with Crippen molar-refractivity contribution in [3.05, 3.63) is 34.1 Å². The molecule has 2 unspecified atom stereocenters. The Kier molecular flexibility index (Phi) is 3.47. The molecule has 1 saturated heterocycles. The first kappa shape index (κ1) is 12.8. The number of piperidine rings is 1. The molecule has 6 heteroatoms. The lowest BCUT2D eigenvalue weighted by Gasteiger charge is -2.35. The van der Waals surface area contributed by atoms with E-state index in [4.69, 9.17) is 0 Å². The van der Waals surface area contributed by atoms with E-state index < -0.39 is 16.8 Å². The molecule has 0 aliphatic carbocycles. The van der Waals surface area contributed by atoms with Crippen molar-refractivity contribution in [1.29, 1.82) is 0 Å². The number of anilines is 1. The van der Waals surface area contributed by atoms with Crippen molar-refractivity contribution in [2.24, 2.45) is 5.92 Å². The molecular weight excluding hydrogens is 239 g/mol. The second-order valence-corrected chi connectivity index (χ2v) is 4.67. The van der Waals surface area contributed by atoms with E-state index in [9.17, 15) is 19.6 Å². The molecule has 18 heavy (non-hydrogen) atoms. The van der Waals surface area contributed by atoms with Gasteiger partial charge < -0.3 is 10.0 Å². The summed E-state index contributed by atoms with van der Waals surface area (Å²) in [7, 11) is 0. The van der Waals surface area contributed by atoms with Crippen LogP contribution in [-0.4, -0.2) is 29.2 Å². The molecular formula is C12H15FN2O3. The summed E-state index contributed by atoms with van der Waals surface area (Å²) in [6.07, 6.45) is 0.249. The number of halogens is 1. The molecule has 1 N–H and O–H groups in total. The third-order valence-corrected chi connectivity index (χ3v) is 3.39. The van der Waals surface area contributed by atoms with E-state index >= 15 is 0 Å². The molecule has 5 nitrogen and oxygen atoms in total. The van der Waals surface area contributed by atoms with Crippen molar-refractivity contribution >= 4 is 11.4 Å². The second-order valence-electron chi connectivity index (χ2n) is 4.67. The zero-order chi connectivity index (χ0) is 13.3. The van der Waals surface area contributed by atoms with E-state index in [1.54, 1.807) is 4.90 Å². The van der Waals surface area contributed by atoms with Gasteiger partial charge in [-0.1, -0.05) is 6.92 Å². The monoisotopic (exact) mass is 254 g/mol. The molecule has 2 atom stereocenters. The van der Waals surface area contributed by atoms with Crippen LogP contribution in [0.4, 0.5) is 15.8 Å². The maximum absolute atomic E-state index is 13.0. The molecule has 1 aromatic carbocycles. The van der Waals surface area contributed by atoms with Crippen LogP contribution in [0, 0.1) is 21.8 Å². The first-order valence-electron chi connectivity index (χ1n) is 5.86. The van der Waals surface area contributed by atoms with E-state index in [1.165, 1.54) is 12.1 Å². The number of benzene rings is 1. The number of hydrogen-bond acceptors (Lipinski definition) is 4. The third kappa shape index (κ3) is 2.43. The highest BCUT2D eigenvalue weighted by molar-refractivity contribution is 5.63. The number of aliphatic hydroxyl groups excluding tert-OH is 1. The van der Waals surface area contributed by atoms with E-state index in [1.807, 2.05) is 6.92 Å². The Labute approximate surface area is 104 Å². The van der Waals surface area contributed by atoms with E-state index in [0.717, 1.165) is 12.5 Å². The van der Waals surface area contributed by atoms with Crippen molar-refractivity contribution in [3.63, 3.8) is 0 Å². The Hall–Kier alpha value is -1.69. The topological polar surface area (TPSA) is 66.6 Å². The molecule has 2 rings (SSSR count). The fraction of sp³-hybridized carbons (Fsp3) is 0.500. The highest BCUT2D eigenvalue weighted by Crippen LogP contribution is 2.31. The van der Waals surface area contributed by atoms with Crippen LogP contribution in [0.15, 0.2) is 18.2 Å². The van der Waals surface area contributed by atoms with E-state index in [2.05, 4.69) is 0 Å². The summed E-state index contributed by atoms with van der Waals surface area (Å²) < 4.78 is 13.0. The molecule has 0 spiro atoms. The smallest absolute Gasteiger partial charge is 0.295 e. The van der Waals surface area contributed by atoms with Crippen LogP contribution in [0.25, 0.3) is 0 Å². The molecule has 1 fully saturated rings. The van der Waals surface area contributed by atoms with Crippen molar-refractivity contribution < 1.29 is 14.4 Å². The molecule has 0 radical (unpaired) electrons. The van der Waals surface area contributed by atoms with E-state index in [0.29, 0.717) is 18.8 Å². The van der Waals surface area contributed by atoms with E-state index in [-0.39, 0.29) is 11.6 Å². The minimum absolute atomic E-state index is 0.181. The second kappa shape index (κ2) is 4.89. The summed E-state index contributed by atoms with van der Waals surface area (Å²) in [6.45, 7) is 2.92. The lowest BCUT2D eigenvalue weighted by atomic mass is 9.95. The van der Waals surface area contributed by atoms with Crippen molar-refractivity contribution in [2.45, 2.75) is 19.4 Å². The van der Waals surface area contributed by atoms with Crippen LogP contribution in [-0.2, 0) is 0 Å². The molecule has 0 amide bonds. The van der Waals surface area contributed by atoms with Gasteiger partial charge in [-0.25, -0.2) is 4.39 Å². The predicted octanol–water partition coefficient (Wildman–Crippen LogP) is 1.94. The fourth-order valence-corrected chi connectivity index (χ4v) is 2.18. The summed E-state index contributed by atoms with van der Waals surface area (Å²) in [5, 5.41) is 20.7. The highest BCUT2D eigenvalue weighted by Gasteiger charge is 2.28. The van der Waals surface area contributed by atoms with Crippen LogP contribution in [0.3, 0.4) is 0 Å². The SMILES string of the molecule is CC1CCN(c2ccc(F)cc2[N+](=O)[O-])CC1O. The summed E-state index contributed by atoms with van der Waals surface area (Å²) in [4.78, 5) is 12.1. The van der Waals surface area contributed by atoms with Crippen LogP contribution < -0.4 is 4.90 Å². The lowest BCUT2D eigenvalue weighted by molar-refractivity contribution is -0.384. The first-order valence-corrected chi connectivity index (χ1v) is 5.86. The van der Waals surface area contributed by atoms with Gasteiger partial charge in [0.15, 0.2) is 0 Å². The molecule has 98 valence electrons. The quantitative estimate of drug-likeness (QED) is 0.647. The Balaban J connectivity index is 2.30. The van der Waals surface area contributed by atoms with Crippen LogP contribution in [0.2, 0.25) is 0 Å². The number of β-amino-alcohol motifs (C(OH)–C–C–N with tert-alkyl or cyclic N) is 1. The number of nitro groups is 1. The number of rotatable bonds is 2. The zero-order valence-corrected chi connectivity index (χ0v) is 10.0. The van der Waals surface area contributed by atoms with Crippen LogP contribution in [0.5, 0.6) is 0 Å². The average molecular weight is 254 g/mol. The van der Waals surface area contributed by atoms with Gasteiger partial charge >= 0.3 is 0 Å². The summed E-state index contributed by atoms with van der Waals surface area (Å²) in [5.41, 5.74) is 0.115. The predicted molar refractivity (Wildman–Crippen MR) is 65.1 cm³/mol. The number of aliphatic hydroxyl groups is 1. The molecule has 0 bridgehead atoms. The number of nitrogens with zero attached hydrogens (tertiary/aromatic N) is 2. The van der Waals surface area contributed by atoms with Crippen LogP contribution >= 0.6 is 0 Å². The Morgan fingerprint density at radius 1 is 1.56 bits per heavy atom. The summed E-state index contributed by atoms with van der Waals surface area (Å²) in [6, 6.07) is 3.52. The van der Waals surface area contributed by atoms with Crippen molar-refractivity contribution in [3.8, 4) is 0 Å². The van der Waals surface area contributed by atoms with Gasteiger partial charge in [0.2, 0.25) is 0 Å². The van der Waals surface area contributed by atoms with Gasteiger partial charge in [-0.15, -0.1) is 0 Å². The normalized spacial score (nSPS) is 24.1. The van der Waals surface area contributed by atoms with Crippen LogP contribution in [0.1, 0.15) is 13.3 Å². The van der Waals surface area contributed by atoms with Gasteiger partial charge in [-0.05, 0) is 24.5 Å². The van der Waals surface area contributed by atoms with Gasteiger partial charge in [0, 0.05) is 13.1 Å². The first-order chi connectivity index (χ1) is 8.49. The Bertz CT molecular complexity index is 467. The van der Waals surface area contributed by atoms with Crippen molar-refractivity contribution in [1.82, 2.24) is 0 Å². The Morgan fingerprint density at radius 3 is 2.89 bits per heavy atom. The summed E-state index contributed by atoms with van der Waals surface area (Å²) >= 11 is 0. The molecule has 1 heterocycles. The summed E-state index contributed by atoms with van der Waals surface area (Å²) in [5.74, 6) is -0.447. The standard InChI is InChI=1S/C12H15FN2O3/c1-8-4-5-14(7-12(8)16)10-3-2-9(13)6-11(10)15(17)18/h2-3,6,8,12,16H,4-5,7H2,1H3. The fourth-order valence-electron chi connectivity index (χ4n) is 2.18.